The molecule has 1 aromatic heterocycles. The summed E-state index contributed by atoms with van der Waals surface area (Å²) < 4.78 is 0. The monoisotopic (exact) mass is 289 g/mol. The third-order valence-corrected chi connectivity index (χ3v) is 4.05. The van der Waals surface area contributed by atoms with Crippen molar-refractivity contribution in [3.05, 3.63) is 35.5 Å². The van der Waals surface area contributed by atoms with Crippen LogP contribution in [0.4, 0.5) is 5.69 Å². The van der Waals surface area contributed by atoms with Crippen LogP contribution in [0.2, 0.25) is 5.02 Å². The van der Waals surface area contributed by atoms with E-state index in [2.05, 4.69) is 10.3 Å². The number of carbonyl (C=O) groups is 1. The predicted octanol–water partition coefficient (Wildman–Crippen LogP) is 2.95. The maximum Gasteiger partial charge on any atom is 0.229 e. The summed E-state index contributed by atoms with van der Waals surface area (Å²) in [7, 11) is 0. The Morgan fingerprint density at radius 3 is 3.00 bits per heavy atom. The van der Waals surface area contributed by atoms with Crippen LogP contribution in [0.1, 0.15) is 19.3 Å². The Morgan fingerprint density at radius 2 is 2.25 bits per heavy atom. The van der Waals surface area contributed by atoms with Crippen LogP contribution in [0.3, 0.4) is 0 Å². The number of nitrogens with one attached hydrogen (secondary N) is 1. The van der Waals surface area contributed by atoms with E-state index < -0.39 is 0 Å². The van der Waals surface area contributed by atoms with Gasteiger partial charge in [0.1, 0.15) is 0 Å². The summed E-state index contributed by atoms with van der Waals surface area (Å²) in [5.74, 6) is -0.156. The van der Waals surface area contributed by atoms with E-state index in [-0.39, 0.29) is 17.9 Å². The second-order valence-corrected chi connectivity index (χ2v) is 5.66. The quantitative estimate of drug-likeness (QED) is 0.893. The summed E-state index contributed by atoms with van der Waals surface area (Å²) in [6.07, 6.45) is 4.46. The van der Waals surface area contributed by atoms with Crippen molar-refractivity contribution in [3.8, 4) is 0 Å². The van der Waals surface area contributed by atoms with Crippen molar-refractivity contribution in [1.82, 2.24) is 4.98 Å². The number of aromatic nitrogens is 1. The SMILES string of the molecule is NC1CCCC1C(=O)Nc1cc(Cl)cc2cccnc12. The van der Waals surface area contributed by atoms with Gasteiger partial charge in [-0.15, -0.1) is 0 Å². The number of carbonyl (C=O) groups excluding carboxylic acids is 1. The van der Waals surface area contributed by atoms with Crippen LogP contribution in [-0.4, -0.2) is 16.9 Å². The molecule has 1 amide bonds. The van der Waals surface area contributed by atoms with E-state index in [0.29, 0.717) is 10.7 Å². The Balaban J connectivity index is 1.92. The summed E-state index contributed by atoms with van der Waals surface area (Å²) in [6.45, 7) is 0. The number of nitrogens with two attached hydrogens (primary N) is 1. The molecule has 3 N–H and O–H groups in total. The van der Waals surface area contributed by atoms with E-state index in [4.69, 9.17) is 17.3 Å². The molecule has 1 fully saturated rings. The molecule has 1 saturated carbocycles. The van der Waals surface area contributed by atoms with Crippen molar-refractivity contribution < 1.29 is 4.79 Å². The molecule has 2 unspecified atom stereocenters. The topological polar surface area (TPSA) is 68.0 Å². The van der Waals surface area contributed by atoms with Crippen LogP contribution < -0.4 is 11.1 Å². The zero-order valence-corrected chi connectivity index (χ0v) is 11.7. The normalized spacial score (nSPS) is 22.1. The smallest absolute Gasteiger partial charge is 0.229 e. The van der Waals surface area contributed by atoms with Crippen molar-refractivity contribution in [3.63, 3.8) is 0 Å². The van der Waals surface area contributed by atoms with E-state index in [1.807, 2.05) is 18.2 Å². The molecule has 1 heterocycles. The lowest BCUT2D eigenvalue weighted by molar-refractivity contribution is -0.120. The Bertz CT molecular complexity index is 659. The number of amides is 1. The van der Waals surface area contributed by atoms with Gasteiger partial charge in [0, 0.05) is 22.6 Å². The van der Waals surface area contributed by atoms with Crippen LogP contribution >= 0.6 is 11.6 Å². The molecule has 0 spiro atoms. The molecule has 0 bridgehead atoms. The summed E-state index contributed by atoms with van der Waals surface area (Å²) in [6, 6.07) is 7.28. The number of rotatable bonds is 2. The fraction of sp³-hybridized carbons (Fsp3) is 0.333. The number of halogens is 1. The minimum Gasteiger partial charge on any atom is -0.327 e. The van der Waals surface area contributed by atoms with Crippen LogP contribution in [0, 0.1) is 5.92 Å². The summed E-state index contributed by atoms with van der Waals surface area (Å²) in [4.78, 5) is 16.6. The second kappa shape index (κ2) is 5.38. The fourth-order valence-electron chi connectivity index (χ4n) is 2.79. The molecule has 1 aliphatic rings. The first kappa shape index (κ1) is 13.3. The van der Waals surface area contributed by atoms with Crippen LogP contribution in [0.15, 0.2) is 30.5 Å². The lowest BCUT2D eigenvalue weighted by Gasteiger charge is -2.16. The van der Waals surface area contributed by atoms with Crippen molar-refractivity contribution >= 4 is 34.1 Å². The highest BCUT2D eigenvalue weighted by Crippen LogP contribution is 2.29. The Hall–Kier alpha value is -1.65. The molecule has 0 saturated heterocycles. The van der Waals surface area contributed by atoms with Gasteiger partial charge >= 0.3 is 0 Å². The van der Waals surface area contributed by atoms with E-state index in [9.17, 15) is 4.79 Å². The van der Waals surface area contributed by atoms with Gasteiger partial charge in [-0.1, -0.05) is 24.1 Å². The number of nitrogens with zero attached hydrogens (tertiary/aromatic N) is 1. The van der Waals surface area contributed by atoms with Gasteiger partial charge in [-0.25, -0.2) is 0 Å². The zero-order chi connectivity index (χ0) is 14.1. The molecule has 1 aromatic carbocycles. The second-order valence-electron chi connectivity index (χ2n) is 5.22. The third-order valence-electron chi connectivity index (χ3n) is 3.83. The van der Waals surface area contributed by atoms with Gasteiger partial charge in [-0.3, -0.25) is 9.78 Å². The predicted molar refractivity (Wildman–Crippen MR) is 80.7 cm³/mol. The number of pyridine rings is 1. The molecule has 4 nitrogen and oxygen atoms in total. The molecular weight excluding hydrogens is 274 g/mol. The lowest BCUT2D eigenvalue weighted by atomic mass is 10.0. The van der Waals surface area contributed by atoms with Gasteiger partial charge in [-0.05, 0) is 31.0 Å². The molecule has 5 heteroatoms. The number of hydrogen-bond acceptors (Lipinski definition) is 3. The average Bonchev–Trinajstić information content (AvgIpc) is 2.85. The molecule has 0 radical (unpaired) electrons. The van der Waals surface area contributed by atoms with Gasteiger partial charge in [0.2, 0.25) is 5.91 Å². The summed E-state index contributed by atoms with van der Waals surface area (Å²) in [5, 5.41) is 4.42. The van der Waals surface area contributed by atoms with E-state index in [1.54, 1.807) is 12.3 Å². The first-order valence-corrected chi connectivity index (χ1v) is 7.13. The Labute approximate surface area is 122 Å². The van der Waals surface area contributed by atoms with Gasteiger partial charge < -0.3 is 11.1 Å². The van der Waals surface area contributed by atoms with Crippen molar-refractivity contribution in [2.75, 3.05) is 5.32 Å². The Morgan fingerprint density at radius 1 is 1.40 bits per heavy atom. The van der Waals surface area contributed by atoms with Crippen LogP contribution in [0.25, 0.3) is 10.9 Å². The maximum absolute atomic E-state index is 12.3. The molecule has 2 aromatic rings. The van der Waals surface area contributed by atoms with Crippen LogP contribution in [-0.2, 0) is 4.79 Å². The standard InChI is InChI=1S/C15H16ClN3O/c16-10-7-9-3-2-6-18-14(9)13(8-10)19-15(20)11-4-1-5-12(11)17/h2-3,6-8,11-12H,1,4-5,17H2,(H,19,20). The number of hydrogen-bond donors (Lipinski definition) is 2. The molecule has 2 atom stereocenters. The van der Waals surface area contributed by atoms with Gasteiger partial charge in [0.15, 0.2) is 0 Å². The first-order chi connectivity index (χ1) is 9.65. The third kappa shape index (κ3) is 2.49. The Kier molecular flexibility index (Phi) is 3.59. The van der Waals surface area contributed by atoms with Crippen LogP contribution in [0.5, 0.6) is 0 Å². The molecule has 1 aliphatic carbocycles. The van der Waals surface area contributed by atoms with Crippen molar-refractivity contribution in [2.24, 2.45) is 11.7 Å². The van der Waals surface area contributed by atoms with E-state index in [1.165, 1.54) is 0 Å². The zero-order valence-electron chi connectivity index (χ0n) is 11.0. The van der Waals surface area contributed by atoms with Gasteiger partial charge in [-0.2, -0.15) is 0 Å². The van der Waals surface area contributed by atoms with E-state index in [0.717, 1.165) is 30.2 Å². The average molecular weight is 290 g/mol. The highest BCUT2D eigenvalue weighted by molar-refractivity contribution is 6.32. The minimum absolute atomic E-state index is 0.0378. The molecular formula is C15H16ClN3O. The van der Waals surface area contributed by atoms with Crippen molar-refractivity contribution in [2.45, 2.75) is 25.3 Å². The molecule has 20 heavy (non-hydrogen) atoms. The van der Waals surface area contributed by atoms with E-state index >= 15 is 0 Å². The summed E-state index contributed by atoms with van der Waals surface area (Å²) in [5.41, 5.74) is 7.37. The molecule has 3 rings (SSSR count). The molecule has 104 valence electrons. The maximum atomic E-state index is 12.3. The minimum atomic E-state index is -0.118. The highest BCUT2D eigenvalue weighted by Gasteiger charge is 2.30. The fourth-order valence-corrected chi connectivity index (χ4v) is 3.02. The number of benzene rings is 1. The number of fused-ring (bicyclic) bond motifs is 1. The van der Waals surface area contributed by atoms with Gasteiger partial charge in [0.25, 0.3) is 0 Å². The largest absolute Gasteiger partial charge is 0.327 e. The first-order valence-electron chi connectivity index (χ1n) is 6.76. The van der Waals surface area contributed by atoms with Crippen molar-refractivity contribution in [1.29, 1.82) is 0 Å². The molecule has 0 aliphatic heterocycles. The lowest BCUT2D eigenvalue weighted by Crippen LogP contribution is -2.34. The van der Waals surface area contributed by atoms with Gasteiger partial charge in [0.05, 0.1) is 17.1 Å². The summed E-state index contributed by atoms with van der Waals surface area (Å²) >= 11 is 6.09. The number of anilines is 1. The highest BCUT2D eigenvalue weighted by atomic mass is 35.5.